The van der Waals surface area contributed by atoms with Crippen molar-refractivity contribution < 1.29 is 4.92 Å². The SMILES string of the molecule is CCSc1cccc([N+](=O)[O-])c1Br. The van der Waals surface area contributed by atoms with Gasteiger partial charge in [-0.25, -0.2) is 0 Å². The lowest BCUT2D eigenvalue weighted by atomic mass is 10.3. The van der Waals surface area contributed by atoms with Gasteiger partial charge in [0.25, 0.3) is 5.69 Å². The first kappa shape index (κ1) is 10.5. The number of thioether (sulfide) groups is 1. The number of nitro benzene ring substituents is 1. The Morgan fingerprint density at radius 3 is 2.85 bits per heavy atom. The number of hydrogen-bond acceptors (Lipinski definition) is 3. The summed E-state index contributed by atoms with van der Waals surface area (Å²) in [5.41, 5.74) is 0.124. The summed E-state index contributed by atoms with van der Waals surface area (Å²) < 4.78 is 0.576. The minimum atomic E-state index is -0.385. The molecule has 0 N–H and O–H groups in total. The van der Waals surface area contributed by atoms with E-state index in [2.05, 4.69) is 15.9 Å². The molecule has 0 atom stereocenters. The van der Waals surface area contributed by atoms with Crippen LogP contribution < -0.4 is 0 Å². The average Bonchev–Trinajstić information content (AvgIpc) is 2.08. The zero-order valence-corrected chi connectivity index (χ0v) is 9.39. The maximum Gasteiger partial charge on any atom is 0.284 e. The van der Waals surface area contributed by atoms with E-state index in [0.29, 0.717) is 4.47 Å². The first-order valence-electron chi connectivity index (χ1n) is 3.72. The molecule has 0 bridgehead atoms. The molecule has 1 aromatic carbocycles. The topological polar surface area (TPSA) is 43.1 Å². The second kappa shape index (κ2) is 4.62. The van der Waals surface area contributed by atoms with Gasteiger partial charge in [-0.2, -0.15) is 0 Å². The van der Waals surface area contributed by atoms with E-state index in [4.69, 9.17) is 0 Å². The molecular formula is C8H8BrNO2S. The molecule has 70 valence electrons. The van der Waals surface area contributed by atoms with Crippen molar-refractivity contribution in [2.24, 2.45) is 0 Å². The predicted molar refractivity (Wildman–Crippen MR) is 57.2 cm³/mol. The Bertz CT molecular complexity index is 330. The molecule has 0 radical (unpaired) electrons. The first-order chi connectivity index (χ1) is 6.16. The predicted octanol–water partition coefficient (Wildman–Crippen LogP) is 3.47. The van der Waals surface area contributed by atoms with Crippen molar-refractivity contribution >= 4 is 33.4 Å². The van der Waals surface area contributed by atoms with Crippen LogP contribution in [0.5, 0.6) is 0 Å². The fraction of sp³-hybridized carbons (Fsp3) is 0.250. The average molecular weight is 262 g/mol. The summed E-state index contributed by atoms with van der Waals surface area (Å²) in [5.74, 6) is 0.903. The van der Waals surface area contributed by atoms with Crippen molar-refractivity contribution in [3.05, 3.63) is 32.8 Å². The third kappa shape index (κ3) is 2.45. The van der Waals surface area contributed by atoms with Gasteiger partial charge in [-0.1, -0.05) is 13.0 Å². The van der Waals surface area contributed by atoms with Crippen LogP contribution in [0, 0.1) is 10.1 Å². The van der Waals surface area contributed by atoms with Gasteiger partial charge in [-0.15, -0.1) is 11.8 Å². The smallest absolute Gasteiger partial charge is 0.258 e. The van der Waals surface area contributed by atoms with Crippen molar-refractivity contribution in [3.8, 4) is 0 Å². The van der Waals surface area contributed by atoms with E-state index in [0.717, 1.165) is 10.6 Å². The molecule has 1 aromatic rings. The normalized spacial score (nSPS) is 10.0. The van der Waals surface area contributed by atoms with Gasteiger partial charge >= 0.3 is 0 Å². The monoisotopic (exact) mass is 261 g/mol. The van der Waals surface area contributed by atoms with E-state index >= 15 is 0 Å². The van der Waals surface area contributed by atoms with Gasteiger partial charge in [-0.05, 0) is 27.7 Å². The molecule has 0 aromatic heterocycles. The molecular weight excluding hydrogens is 254 g/mol. The molecule has 0 saturated carbocycles. The van der Waals surface area contributed by atoms with Crippen LogP contribution in [0.25, 0.3) is 0 Å². The van der Waals surface area contributed by atoms with Gasteiger partial charge in [0.1, 0.15) is 4.47 Å². The van der Waals surface area contributed by atoms with Crippen LogP contribution in [0.15, 0.2) is 27.6 Å². The van der Waals surface area contributed by atoms with Crippen LogP contribution in [0.3, 0.4) is 0 Å². The highest BCUT2D eigenvalue weighted by Gasteiger charge is 2.14. The lowest BCUT2D eigenvalue weighted by molar-refractivity contribution is -0.385. The summed E-state index contributed by atoms with van der Waals surface area (Å²) in [6.07, 6.45) is 0. The highest BCUT2D eigenvalue weighted by molar-refractivity contribution is 9.10. The lowest BCUT2D eigenvalue weighted by Crippen LogP contribution is -1.90. The van der Waals surface area contributed by atoms with Crippen LogP contribution in [0.1, 0.15) is 6.92 Å². The van der Waals surface area contributed by atoms with Crippen LogP contribution >= 0.6 is 27.7 Å². The number of rotatable bonds is 3. The largest absolute Gasteiger partial charge is 0.284 e. The van der Waals surface area contributed by atoms with Gasteiger partial charge in [0.05, 0.1) is 4.92 Å². The third-order valence-electron chi connectivity index (χ3n) is 1.44. The fourth-order valence-electron chi connectivity index (χ4n) is 0.907. The molecule has 0 heterocycles. The Balaban J connectivity index is 3.10. The zero-order chi connectivity index (χ0) is 9.84. The van der Waals surface area contributed by atoms with E-state index in [1.54, 1.807) is 17.8 Å². The van der Waals surface area contributed by atoms with Gasteiger partial charge in [0, 0.05) is 11.0 Å². The van der Waals surface area contributed by atoms with E-state index in [-0.39, 0.29) is 10.6 Å². The maximum absolute atomic E-state index is 10.5. The maximum atomic E-state index is 10.5. The fourth-order valence-corrected chi connectivity index (χ4v) is 2.38. The molecule has 0 unspecified atom stereocenters. The molecule has 0 spiro atoms. The number of nitrogens with zero attached hydrogens (tertiary/aromatic N) is 1. The van der Waals surface area contributed by atoms with Gasteiger partial charge in [0.15, 0.2) is 0 Å². The van der Waals surface area contributed by atoms with E-state index in [1.807, 2.05) is 13.0 Å². The van der Waals surface area contributed by atoms with Crippen molar-refractivity contribution in [2.45, 2.75) is 11.8 Å². The summed E-state index contributed by atoms with van der Waals surface area (Å²) in [7, 11) is 0. The molecule has 0 aliphatic carbocycles. The molecule has 0 aliphatic heterocycles. The number of benzene rings is 1. The van der Waals surface area contributed by atoms with Crippen LogP contribution in [-0.4, -0.2) is 10.7 Å². The lowest BCUT2D eigenvalue weighted by Gasteiger charge is -2.01. The first-order valence-corrected chi connectivity index (χ1v) is 5.50. The molecule has 0 aliphatic rings. The zero-order valence-electron chi connectivity index (χ0n) is 6.99. The molecule has 3 nitrogen and oxygen atoms in total. The highest BCUT2D eigenvalue weighted by Crippen LogP contribution is 2.34. The Morgan fingerprint density at radius 1 is 1.62 bits per heavy atom. The Labute approximate surface area is 88.8 Å². The van der Waals surface area contributed by atoms with Crippen LogP contribution in [-0.2, 0) is 0 Å². The second-order valence-electron chi connectivity index (χ2n) is 2.28. The quantitative estimate of drug-likeness (QED) is 0.476. The van der Waals surface area contributed by atoms with Gasteiger partial charge < -0.3 is 0 Å². The Kier molecular flexibility index (Phi) is 3.74. The summed E-state index contributed by atoms with van der Waals surface area (Å²) in [6.45, 7) is 2.01. The Morgan fingerprint density at radius 2 is 2.31 bits per heavy atom. The summed E-state index contributed by atoms with van der Waals surface area (Å²) in [5, 5.41) is 10.5. The standard InChI is InChI=1S/C8H8BrNO2S/c1-2-13-7-5-3-4-6(8(7)9)10(11)12/h3-5H,2H2,1H3. The molecule has 0 fully saturated rings. The molecule has 5 heteroatoms. The number of hydrogen-bond donors (Lipinski definition) is 0. The molecule has 0 saturated heterocycles. The minimum Gasteiger partial charge on any atom is -0.258 e. The van der Waals surface area contributed by atoms with Gasteiger partial charge in [0.2, 0.25) is 0 Å². The third-order valence-corrected chi connectivity index (χ3v) is 3.48. The molecule has 0 amide bonds. The van der Waals surface area contributed by atoms with Gasteiger partial charge in [-0.3, -0.25) is 10.1 Å². The van der Waals surface area contributed by atoms with E-state index in [1.165, 1.54) is 6.07 Å². The summed E-state index contributed by atoms with van der Waals surface area (Å²) in [4.78, 5) is 11.1. The van der Waals surface area contributed by atoms with Crippen molar-refractivity contribution in [1.29, 1.82) is 0 Å². The number of halogens is 1. The summed E-state index contributed by atoms with van der Waals surface area (Å²) in [6, 6.07) is 5.05. The number of nitro groups is 1. The van der Waals surface area contributed by atoms with Crippen LogP contribution in [0.4, 0.5) is 5.69 Å². The van der Waals surface area contributed by atoms with Crippen molar-refractivity contribution in [1.82, 2.24) is 0 Å². The molecule has 13 heavy (non-hydrogen) atoms. The highest BCUT2D eigenvalue weighted by atomic mass is 79.9. The second-order valence-corrected chi connectivity index (χ2v) is 4.38. The summed E-state index contributed by atoms with van der Waals surface area (Å²) >= 11 is 4.80. The molecule has 1 rings (SSSR count). The van der Waals surface area contributed by atoms with Crippen molar-refractivity contribution in [3.63, 3.8) is 0 Å². The van der Waals surface area contributed by atoms with E-state index < -0.39 is 0 Å². The van der Waals surface area contributed by atoms with Crippen LogP contribution in [0.2, 0.25) is 0 Å². The minimum absolute atomic E-state index is 0.124. The van der Waals surface area contributed by atoms with Crippen molar-refractivity contribution in [2.75, 3.05) is 5.75 Å². The Hall–Kier alpha value is -0.550. The van der Waals surface area contributed by atoms with E-state index in [9.17, 15) is 10.1 Å².